The number of hydrogen-bond donors (Lipinski definition) is 3. The zero-order valence-corrected chi connectivity index (χ0v) is 6.03. The summed E-state index contributed by atoms with van der Waals surface area (Å²) in [6.45, 7) is 0. The first kappa shape index (κ1) is 6.58. The van der Waals surface area contributed by atoms with Crippen molar-refractivity contribution in [1.29, 1.82) is 0 Å². The molecule has 0 aromatic carbocycles. The molecule has 0 atom stereocenters. The lowest BCUT2D eigenvalue weighted by Gasteiger charge is -1.87. The van der Waals surface area contributed by atoms with Crippen molar-refractivity contribution in [1.82, 2.24) is 10.3 Å². The summed E-state index contributed by atoms with van der Waals surface area (Å²) in [5, 5.41) is 0. The molecule has 0 rings (SSSR count). The highest BCUT2D eigenvalue weighted by atomic mass is 127. The second-order valence-electron chi connectivity index (χ2n) is 0.549. The van der Waals surface area contributed by atoms with Crippen molar-refractivity contribution in [2.75, 3.05) is 0 Å². The number of halogens is 1. The third kappa shape index (κ3) is 4.58. The summed E-state index contributed by atoms with van der Waals surface area (Å²) in [6.07, 6.45) is 1.73. The van der Waals surface area contributed by atoms with E-state index in [-0.39, 0.29) is 0 Å². The minimum Gasteiger partial charge on any atom is -0.319 e. The van der Waals surface area contributed by atoms with Crippen LogP contribution in [0.25, 0.3) is 0 Å². The number of thiol groups is 1. The van der Waals surface area contributed by atoms with Crippen molar-refractivity contribution in [3.05, 3.63) is 10.3 Å². The molecule has 0 saturated heterocycles. The number of nitrogens with one attached hydrogen (secondary N) is 2. The molecule has 6 heavy (non-hydrogen) atoms. The maximum atomic E-state index is 3.64. The minimum absolute atomic E-state index is 1.73. The Bertz CT molecular complexity index is 46.8. The van der Waals surface area contributed by atoms with E-state index >= 15 is 0 Å². The van der Waals surface area contributed by atoms with Gasteiger partial charge in [-0.05, 0) is 4.08 Å². The van der Waals surface area contributed by atoms with Crippen LogP contribution in [0.15, 0.2) is 10.3 Å². The van der Waals surface area contributed by atoms with E-state index in [1.807, 2.05) is 4.08 Å². The van der Waals surface area contributed by atoms with Gasteiger partial charge in [0.05, 0.1) is 0 Å². The summed E-state index contributed by atoms with van der Waals surface area (Å²) in [5.41, 5.74) is 2.62. The minimum atomic E-state index is 1.73. The van der Waals surface area contributed by atoms with Crippen LogP contribution in [0.2, 0.25) is 0 Å². The van der Waals surface area contributed by atoms with Gasteiger partial charge < -0.3 is 5.43 Å². The Hall–Kier alpha value is 0.580. The Labute approximate surface area is 56.0 Å². The lowest BCUT2D eigenvalue weighted by atomic mass is 11.1. The molecule has 2 nitrogen and oxygen atoms in total. The fraction of sp³-hybridized carbons (Fsp3) is 0. The molecule has 0 amide bonds. The van der Waals surface area contributed by atoms with Crippen LogP contribution in [0.3, 0.4) is 0 Å². The Morgan fingerprint density at radius 2 is 2.33 bits per heavy atom. The van der Waals surface area contributed by atoms with E-state index in [2.05, 4.69) is 45.7 Å². The molecule has 0 aliphatic rings. The van der Waals surface area contributed by atoms with E-state index in [4.69, 9.17) is 0 Å². The lowest BCUT2D eigenvalue weighted by molar-refractivity contribution is 0.885. The van der Waals surface area contributed by atoms with Crippen molar-refractivity contribution in [2.24, 2.45) is 0 Å². The molecule has 0 aliphatic carbocycles. The van der Waals surface area contributed by atoms with Crippen LogP contribution in [0.1, 0.15) is 0 Å². The van der Waals surface area contributed by atoms with Crippen LogP contribution in [-0.2, 0) is 0 Å². The Balaban J connectivity index is 2.66. The van der Waals surface area contributed by atoms with Crippen LogP contribution in [0, 0.1) is 0 Å². The van der Waals surface area contributed by atoms with Crippen molar-refractivity contribution >= 4 is 35.4 Å². The first-order valence-electron chi connectivity index (χ1n) is 1.31. The largest absolute Gasteiger partial charge is 0.319 e. The van der Waals surface area contributed by atoms with E-state index in [9.17, 15) is 0 Å². The Morgan fingerprint density at radius 3 is 2.50 bits per heavy atom. The van der Waals surface area contributed by atoms with Crippen LogP contribution < -0.4 is 10.3 Å². The number of hydrogen-bond acceptors (Lipinski definition) is 3. The van der Waals surface area contributed by atoms with E-state index in [0.717, 1.165) is 0 Å². The predicted octanol–water partition coefficient (Wildman–Crippen LogP) is 0.832. The first-order chi connectivity index (χ1) is 2.91. The summed E-state index contributed by atoms with van der Waals surface area (Å²) >= 11 is 5.73. The van der Waals surface area contributed by atoms with Crippen molar-refractivity contribution < 1.29 is 0 Å². The average Bonchev–Trinajstić information content (AvgIpc) is 1.61. The van der Waals surface area contributed by atoms with Crippen molar-refractivity contribution in [2.45, 2.75) is 0 Å². The molecule has 0 aromatic rings. The number of hydrazine groups is 1. The van der Waals surface area contributed by atoms with Gasteiger partial charge in [-0.15, -0.1) is 0 Å². The van der Waals surface area contributed by atoms with E-state index in [0.29, 0.717) is 0 Å². The summed E-state index contributed by atoms with van der Waals surface area (Å²) < 4.78 is 1.83. The SMILES string of the molecule is SNN/C=C\I. The predicted molar refractivity (Wildman–Crippen MR) is 38.4 cm³/mol. The molecule has 0 aromatic heterocycles. The molecule has 0 aliphatic heterocycles. The molecular weight excluding hydrogens is 211 g/mol. The highest BCUT2D eigenvalue weighted by molar-refractivity contribution is 14.1. The molecule has 36 valence electrons. The fourth-order valence-corrected chi connectivity index (χ4v) is 0.323. The highest BCUT2D eigenvalue weighted by Gasteiger charge is 1.56. The topological polar surface area (TPSA) is 24.1 Å². The Morgan fingerprint density at radius 1 is 1.67 bits per heavy atom. The molecular formula is C2H5IN2S. The van der Waals surface area contributed by atoms with Crippen LogP contribution in [-0.4, -0.2) is 0 Å². The third-order valence-electron chi connectivity index (χ3n) is 0.211. The molecule has 2 N–H and O–H groups in total. The van der Waals surface area contributed by atoms with Crippen LogP contribution in [0.4, 0.5) is 0 Å². The van der Waals surface area contributed by atoms with Gasteiger partial charge in [0, 0.05) is 6.20 Å². The summed E-state index contributed by atoms with van der Waals surface area (Å²) in [6, 6.07) is 0. The quantitative estimate of drug-likeness (QED) is 0.362. The van der Waals surface area contributed by atoms with Gasteiger partial charge in [0.25, 0.3) is 0 Å². The van der Waals surface area contributed by atoms with Crippen LogP contribution in [0.5, 0.6) is 0 Å². The number of rotatable bonds is 2. The molecule has 0 saturated carbocycles. The van der Waals surface area contributed by atoms with Gasteiger partial charge in [0.2, 0.25) is 0 Å². The molecule has 4 heteroatoms. The highest BCUT2D eigenvalue weighted by Crippen LogP contribution is 1.77. The van der Waals surface area contributed by atoms with Gasteiger partial charge in [0.15, 0.2) is 0 Å². The molecule has 0 spiro atoms. The lowest BCUT2D eigenvalue weighted by Crippen LogP contribution is -2.14. The smallest absolute Gasteiger partial charge is 0.0195 e. The van der Waals surface area contributed by atoms with Gasteiger partial charge >= 0.3 is 0 Å². The first-order valence-corrected chi connectivity index (χ1v) is 3.01. The monoisotopic (exact) mass is 216 g/mol. The van der Waals surface area contributed by atoms with Gasteiger partial charge in [-0.2, -0.15) is 4.83 Å². The molecule has 0 radical (unpaired) electrons. The standard InChI is InChI=1S/C2H5IN2S/c3-1-2-4-5-6/h1-2,4-6H/b2-1-. The Kier molecular flexibility index (Phi) is 6.12. The summed E-state index contributed by atoms with van der Waals surface area (Å²) in [5.74, 6) is 0. The van der Waals surface area contributed by atoms with Crippen LogP contribution >= 0.6 is 35.4 Å². The average molecular weight is 216 g/mol. The van der Waals surface area contributed by atoms with Gasteiger partial charge in [-0.3, -0.25) is 0 Å². The maximum absolute atomic E-state index is 3.64. The van der Waals surface area contributed by atoms with E-state index < -0.39 is 0 Å². The molecule has 0 unspecified atom stereocenters. The summed E-state index contributed by atoms with van der Waals surface area (Å²) in [4.78, 5) is 2.42. The zero-order valence-electron chi connectivity index (χ0n) is 2.98. The maximum Gasteiger partial charge on any atom is 0.0195 e. The molecule has 0 bridgehead atoms. The van der Waals surface area contributed by atoms with E-state index in [1.165, 1.54) is 0 Å². The third-order valence-corrected chi connectivity index (χ3v) is 0.700. The second kappa shape index (κ2) is 5.58. The molecule has 0 fully saturated rings. The fourth-order valence-electron chi connectivity index (χ4n) is 0.0688. The van der Waals surface area contributed by atoms with Gasteiger partial charge in [0.1, 0.15) is 0 Å². The van der Waals surface area contributed by atoms with Gasteiger partial charge in [-0.1, -0.05) is 35.4 Å². The van der Waals surface area contributed by atoms with E-state index in [1.54, 1.807) is 6.20 Å². The van der Waals surface area contributed by atoms with Crippen molar-refractivity contribution in [3.8, 4) is 0 Å². The second-order valence-corrected chi connectivity index (χ2v) is 1.49. The van der Waals surface area contributed by atoms with Gasteiger partial charge in [-0.25, -0.2) is 0 Å². The summed E-state index contributed by atoms with van der Waals surface area (Å²) in [7, 11) is 0. The zero-order chi connectivity index (χ0) is 4.83. The normalized spacial score (nSPS) is 9.67. The van der Waals surface area contributed by atoms with Crippen molar-refractivity contribution in [3.63, 3.8) is 0 Å². The molecule has 0 heterocycles.